The van der Waals surface area contributed by atoms with Gasteiger partial charge in [0.15, 0.2) is 5.78 Å². The Morgan fingerprint density at radius 1 is 1.00 bits per heavy atom. The molecule has 0 aromatic heterocycles. The molecule has 0 saturated carbocycles. The molecule has 1 saturated heterocycles. The van der Waals surface area contributed by atoms with Crippen LogP contribution in [-0.4, -0.2) is 50.0 Å². The van der Waals surface area contributed by atoms with Gasteiger partial charge in [0.2, 0.25) is 0 Å². The number of nitrogens with one attached hydrogen (secondary N) is 2. The smallest absolute Gasteiger partial charge is 0.419 e. The number of urea groups is 1. The largest absolute Gasteiger partial charge is 0.465 e. The van der Waals surface area contributed by atoms with Crippen LogP contribution in [0.3, 0.4) is 0 Å². The molecule has 0 aliphatic carbocycles. The van der Waals surface area contributed by atoms with Gasteiger partial charge in [-0.15, -0.1) is 0 Å². The van der Waals surface area contributed by atoms with E-state index in [-0.39, 0.29) is 22.5 Å². The molecular formula is C30H30N4O7. The monoisotopic (exact) mass is 558 g/mol. The highest BCUT2D eigenvalue weighted by Gasteiger charge is 2.45. The first-order valence-electron chi connectivity index (χ1n) is 12.9. The van der Waals surface area contributed by atoms with E-state index in [1.54, 1.807) is 31.2 Å². The molecule has 41 heavy (non-hydrogen) atoms. The molecule has 11 nitrogen and oxygen atoms in total. The Labute approximate surface area is 236 Å². The van der Waals surface area contributed by atoms with Crippen molar-refractivity contribution in [2.75, 3.05) is 30.4 Å². The van der Waals surface area contributed by atoms with Crippen molar-refractivity contribution in [3.8, 4) is 0 Å². The van der Waals surface area contributed by atoms with Crippen molar-refractivity contribution < 1.29 is 33.4 Å². The molecule has 212 valence electrons. The van der Waals surface area contributed by atoms with Gasteiger partial charge in [0.25, 0.3) is 0 Å². The number of carbonyl (C=O) groups is 5. The van der Waals surface area contributed by atoms with Gasteiger partial charge < -0.3 is 15.2 Å². The van der Waals surface area contributed by atoms with Crippen LogP contribution < -0.4 is 21.3 Å². The number of hydrogen-bond donors (Lipinski definition) is 3. The summed E-state index contributed by atoms with van der Waals surface area (Å²) in [4.78, 5) is 64.3. The average Bonchev–Trinajstić information content (AvgIpc) is 3.48. The van der Waals surface area contributed by atoms with Gasteiger partial charge in [-0.2, -0.15) is 0 Å². The van der Waals surface area contributed by atoms with Crippen molar-refractivity contribution >= 4 is 41.2 Å². The number of nitrogens with two attached hydrogens (primary N) is 1. The van der Waals surface area contributed by atoms with Crippen molar-refractivity contribution in [1.82, 2.24) is 5.32 Å². The number of ketones is 1. The fraction of sp³-hybridized carbons (Fsp3) is 0.233. The maximum atomic E-state index is 13.3. The lowest BCUT2D eigenvalue weighted by Crippen LogP contribution is -2.46. The van der Waals surface area contributed by atoms with Crippen LogP contribution in [0.15, 0.2) is 72.8 Å². The number of rotatable bonds is 8. The number of anilines is 2. The zero-order valence-electron chi connectivity index (χ0n) is 22.6. The second kappa shape index (κ2) is 12.4. The van der Waals surface area contributed by atoms with Gasteiger partial charge >= 0.3 is 24.1 Å². The highest BCUT2D eigenvalue weighted by molar-refractivity contribution is 6.07. The molecule has 11 heteroatoms. The summed E-state index contributed by atoms with van der Waals surface area (Å²) in [5.74, 6) is -1.81. The number of Topliss-reactive ketones (excluding diaryl/α,β-unsaturated/α-hetero) is 1. The number of ether oxygens (including phenoxy) is 2. The van der Waals surface area contributed by atoms with Crippen LogP contribution in [0.25, 0.3) is 0 Å². The van der Waals surface area contributed by atoms with Gasteiger partial charge in [0, 0.05) is 16.9 Å². The summed E-state index contributed by atoms with van der Waals surface area (Å²) >= 11 is 0. The molecule has 0 spiro atoms. The van der Waals surface area contributed by atoms with Gasteiger partial charge in [0.1, 0.15) is 5.54 Å². The Kier molecular flexibility index (Phi) is 8.78. The SMILES string of the molecule is COC(=O)c1cccc(N(CC(=O)c2cc(NC(=O)OC(=O)C3(c4ccccc4)CCCN3)ccc2C)C(N)=O)c1. The molecule has 1 unspecified atom stereocenters. The van der Waals surface area contributed by atoms with Crippen LogP contribution in [0.5, 0.6) is 0 Å². The van der Waals surface area contributed by atoms with E-state index in [9.17, 15) is 24.0 Å². The summed E-state index contributed by atoms with van der Waals surface area (Å²) in [5.41, 5.74) is 6.54. The molecule has 0 bridgehead atoms. The predicted molar refractivity (Wildman–Crippen MR) is 151 cm³/mol. The first-order chi connectivity index (χ1) is 19.6. The molecule has 1 heterocycles. The number of methoxy groups -OCH3 is 1. The Morgan fingerprint density at radius 3 is 2.41 bits per heavy atom. The number of aryl methyl sites for hydroxylation is 1. The third kappa shape index (κ3) is 6.42. The van der Waals surface area contributed by atoms with E-state index in [0.29, 0.717) is 24.1 Å². The average molecular weight is 559 g/mol. The van der Waals surface area contributed by atoms with Gasteiger partial charge in [0.05, 0.1) is 19.2 Å². The highest BCUT2D eigenvalue weighted by atomic mass is 16.6. The molecule has 1 fully saturated rings. The lowest BCUT2D eigenvalue weighted by Gasteiger charge is -2.27. The minimum atomic E-state index is -1.13. The van der Waals surface area contributed by atoms with Crippen molar-refractivity contribution in [1.29, 1.82) is 0 Å². The highest BCUT2D eigenvalue weighted by Crippen LogP contribution is 2.32. The van der Waals surface area contributed by atoms with Gasteiger partial charge in [-0.25, -0.2) is 19.2 Å². The summed E-state index contributed by atoms with van der Waals surface area (Å²) in [7, 11) is 1.23. The maximum Gasteiger partial charge on any atom is 0.419 e. The van der Waals surface area contributed by atoms with Crippen LogP contribution in [0.1, 0.15) is 44.7 Å². The second-order valence-corrected chi connectivity index (χ2v) is 9.52. The number of nitrogens with zero attached hydrogens (tertiary/aromatic N) is 1. The first kappa shape index (κ1) is 29.0. The van der Waals surface area contributed by atoms with Crippen LogP contribution in [0.4, 0.5) is 21.0 Å². The molecule has 0 radical (unpaired) electrons. The minimum absolute atomic E-state index is 0.181. The third-order valence-corrected chi connectivity index (χ3v) is 6.89. The number of hydrogen-bond acceptors (Lipinski definition) is 8. The van der Waals surface area contributed by atoms with Gasteiger partial charge in [-0.05, 0) is 67.8 Å². The molecule has 3 aromatic carbocycles. The first-order valence-corrected chi connectivity index (χ1v) is 12.9. The standard InChI is InChI=1S/C30H30N4O7/c1-19-12-13-22(33-29(39)41-27(37)30(14-7-15-32-30)21-9-4-3-5-10-21)17-24(19)25(35)18-34(28(31)38)23-11-6-8-20(16-23)26(36)40-2/h3-6,8-13,16-17,32H,7,14-15,18H2,1-2H3,(H2,31,38)(H,33,39). The Hall–Kier alpha value is -5.03. The van der Waals surface area contributed by atoms with E-state index in [1.807, 2.05) is 18.2 Å². The van der Waals surface area contributed by atoms with E-state index in [0.717, 1.165) is 11.3 Å². The zero-order chi connectivity index (χ0) is 29.6. The summed E-state index contributed by atoms with van der Waals surface area (Å²) < 4.78 is 9.89. The van der Waals surface area contributed by atoms with E-state index in [1.165, 1.54) is 37.4 Å². The third-order valence-electron chi connectivity index (χ3n) is 6.89. The van der Waals surface area contributed by atoms with E-state index < -0.39 is 41.9 Å². The lowest BCUT2D eigenvalue weighted by atomic mass is 9.88. The molecule has 1 atom stereocenters. The van der Waals surface area contributed by atoms with E-state index in [2.05, 4.69) is 10.6 Å². The fourth-order valence-electron chi connectivity index (χ4n) is 4.76. The van der Waals surface area contributed by atoms with Crippen LogP contribution in [-0.2, 0) is 19.8 Å². The van der Waals surface area contributed by atoms with Gasteiger partial charge in [-0.1, -0.05) is 42.5 Å². The van der Waals surface area contributed by atoms with E-state index in [4.69, 9.17) is 15.2 Å². The lowest BCUT2D eigenvalue weighted by molar-refractivity contribution is -0.144. The van der Waals surface area contributed by atoms with Crippen molar-refractivity contribution in [3.63, 3.8) is 0 Å². The summed E-state index contributed by atoms with van der Waals surface area (Å²) in [6.45, 7) is 1.86. The Morgan fingerprint density at radius 2 is 1.76 bits per heavy atom. The van der Waals surface area contributed by atoms with Crippen molar-refractivity contribution in [2.45, 2.75) is 25.3 Å². The summed E-state index contributed by atoms with van der Waals surface area (Å²) in [6.07, 6.45) is 0.217. The van der Waals surface area contributed by atoms with Crippen molar-refractivity contribution in [3.05, 3.63) is 95.1 Å². The summed E-state index contributed by atoms with van der Waals surface area (Å²) in [6, 6.07) is 18.7. The van der Waals surface area contributed by atoms with Crippen LogP contribution in [0, 0.1) is 6.92 Å². The molecule has 1 aliphatic rings. The molecule has 1 aliphatic heterocycles. The van der Waals surface area contributed by atoms with Crippen molar-refractivity contribution in [2.24, 2.45) is 5.73 Å². The van der Waals surface area contributed by atoms with Crippen LogP contribution >= 0.6 is 0 Å². The molecule has 3 amide bonds. The maximum absolute atomic E-state index is 13.3. The number of carbonyl (C=O) groups excluding carboxylic acids is 5. The quantitative estimate of drug-likeness (QED) is 0.213. The number of esters is 2. The number of primary amides is 1. The number of benzene rings is 3. The minimum Gasteiger partial charge on any atom is -0.465 e. The Balaban J connectivity index is 1.48. The predicted octanol–water partition coefficient (Wildman–Crippen LogP) is 3.90. The second-order valence-electron chi connectivity index (χ2n) is 9.52. The van der Waals surface area contributed by atoms with E-state index >= 15 is 0 Å². The van der Waals surface area contributed by atoms with Gasteiger partial charge in [-0.3, -0.25) is 20.3 Å². The zero-order valence-corrected chi connectivity index (χ0v) is 22.6. The molecule has 4 rings (SSSR count). The molecule has 3 aromatic rings. The molecule has 4 N–H and O–H groups in total. The van der Waals surface area contributed by atoms with Crippen LogP contribution in [0.2, 0.25) is 0 Å². The Bertz CT molecular complexity index is 1480. The molecular weight excluding hydrogens is 528 g/mol. The summed E-state index contributed by atoms with van der Waals surface area (Å²) in [5, 5.41) is 5.68. The number of amides is 3. The normalized spacial score (nSPS) is 16.0. The fourth-order valence-corrected chi connectivity index (χ4v) is 4.76. The topological polar surface area (TPSA) is 157 Å².